The number of sulfonamides is 1. The number of para-hydroxylation sites is 1. The van der Waals surface area contributed by atoms with Crippen LogP contribution in [0.3, 0.4) is 0 Å². The predicted molar refractivity (Wildman–Crippen MR) is 152 cm³/mol. The molecular formula is C29H34ClN3O4S. The number of anilines is 1. The van der Waals surface area contributed by atoms with Gasteiger partial charge in [-0.2, -0.15) is 0 Å². The van der Waals surface area contributed by atoms with Crippen LogP contribution in [0.5, 0.6) is 0 Å². The summed E-state index contributed by atoms with van der Waals surface area (Å²) in [6, 6.07) is 19.7. The summed E-state index contributed by atoms with van der Waals surface area (Å²) < 4.78 is 28.9. The lowest BCUT2D eigenvalue weighted by Gasteiger charge is -2.33. The van der Waals surface area contributed by atoms with Gasteiger partial charge in [-0.05, 0) is 74.2 Å². The Hall–Kier alpha value is -3.36. The standard InChI is InChI=1S/C29H34ClN3O4S/c1-5-26(29(35)31-6-2)32(19-23-13-9-7-11-21(23)3)28(34)20-33(27-14-10-8-12-22(27)4)38(36,37)25-17-15-24(30)16-18-25/h7-18,26H,5-6,19-20H2,1-4H3,(H,31,35). The second kappa shape index (κ2) is 12.9. The second-order valence-electron chi connectivity index (χ2n) is 9.02. The van der Waals surface area contributed by atoms with Crippen molar-refractivity contribution in [2.75, 3.05) is 17.4 Å². The molecule has 2 amide bonds. The van der Waals surface area contributed by atoms with Crippen molar-refractivity contribution in [3.63, 3.8) is 0 Å². The van der Waals surface area contributed by atoms with Gasteiger partial charge >= 0.3 is 0 Å². The Morgan fingerprint density at radius 3 is 2.08 bits per heavy atom. The van der Waals surface area contributed by atoms with Crippen LogP contribution >= 0.6 is 11.6 Å². The van der Waals surface area contributed by atoms with Gasteiger partial charge in [0.2, 0.25) is 11.8 Å². The van der Waals surface area contributed by atoms with Gasteiger partial charge in [0, 0.05) is 18.1 Å². The van der Waals surface area contributed by atoms with Crippen molar-refractivity contribution in [3.8, 4) is 0 Å². The number of hydrogen-bond donors (Lipinski definition) is 1. The summed E-state index contributed by atoms with van der Waals surface area (Å²) in [5, 5.41) is 3.21. The van der Waals surface area contributed by atoms with Crippen molar-refractivity contribution in [1.29, 1.82) is 0 Å². The van der Waals surface area contributed by atoms with Gasteiger partial charge in [-0.25, -0.2) is 8.42 Å². The number of aryl methyl sites for hydroxylation is 2. The van der Waals surface area contributed by atoms with E-state index in [1.165, 1.54) is 29.2 Å². The maximum absolute atomic E-state index is 14.0. The zero-order valence-corrected chi connectivity index (χ0v) is 23.7. The molecule has 0 aliphatic heterocycles. The number of amides is 2. The number of carbonyl (C=O) groups is 2. The van der Waals surface area contributed by atoms with Crippen molar-refractivity contribution < 1.29 is 18.0 Å². The van der Waals surface area contributed by atoms with Gasteiger partial charge in [-0.1, -0.05) is 61.0 Å². The Morgan fingerprint density at radius 2 is 1.50 bits per heavy atom. The van der Waals surface area contributed by atoms with Crippen molar-refractivity contribution in [2.24, 2.45) is 0 Å². The molecule has 0 saturated heterocycles. The van der Waals surface area contributed by atoms with E-state index in [9.17, 15) is 18.0 Å². The van der Waals surface area contributed by atoms with E-state index in [-0.39, 0.29) is 17.3 Å². The zero-order valence-electron chi connectivity index (χ0n) is 22.1. The average molecular weight is 556 g/mol. The summed E-state index contributed by atoms with van der Waals surface area (Å²) in [4.78, 5) is 28.5. The fourth-order valence-electron chi connectivity index (χ4n) is 4.27. The minimum Gasteiger partial charge on any atom is -0.355 e. The summed E-state index contributed by atoms with van der Waals surface area (Å²) in [6.45, 7) is 7.50. The highest BCUT2D eigenvalue weighted by molar-refractivity contribution is 7.92. The molecule has 0 radical (unpaired) electrons. The quantitative estimate of drug-likeness (QED) is 0.357. The first-order valence-electron chi connectivity index (χ1n) is 12.6. The van der Waals surface area contributed by atoms with E-state index < -0.39 is 28.5 Å². The van der Waals surface area contributed by atoms with Gasteiger partial charge in [0.05, 0.1) is 10.6 Å². The van der Waals surface area contributed by atoms with E-state index in [1.54, 1.807) is 31.2 Å². The number of rotatable bonds is 11. The molecule has 0 saturated carbocycles. The molecule has 0 heterocycles. The molecular weight excluding hydrogens is 522 g/mol. The van der Waals surface area contributed by atoms with Crippen LogP contribution in [0.25, 0.3) is 0 Å². The van der Waals surface area contributed by atoms with E-state index in [0.29, 0.717) is 29.2 Å². The summed E-state index contributed by atoms with van der Waals surface area (Å²) in [7, 11) is -4.14. The highest BCUT2D eigenvalue weighted by atomic mass is 35.5. The Morgan fingerprint density at radius 1 is 0.895 bits per heavy atom. The van der Waals surface area contributed by atoms with Crippen LogP contribution in [-0.4, -0.2) is 44.3 Å². The number of hydrogen-bond acceptors (Lipinski definition) is 4. The van der Waals surface area contributed by atoms with Gasteiger partial charge in [0.1, 0.15) is 12.6 Å². The maximum atomic E-state index is 14.0. The SMILES string of the molecule is CCNC(=O)C(CC)N(Cc1ccccc1C)C(=O)CN(c1ccccc1C)S(=O)(=O)c1ccc(Cl)cc1. The molecule has 3 rings (SSSR count). The van der Waals surface area contributed by atoms with E-state index in [4.69, 9.17) is 11.6 Å². The smallest absolute Gasteiger partial charge is 0.264 e. The predicted octanol–water partition coefficient (Wildman–Crippen LogP) is 5.10. The Labute approximate surface area is 230 Å². The van der Waals surface area contributed by atoms with Crippen LogP contribution in [0, 0.1) is 13.8 Å². The fraction of sp³-hybridized carbons (Fsp3) is 0.310. The van der Waals surface area contributed by atoms with E-state index in [0.717, 1.165) is 15.4 Å². The molecule has 0 aromatic heterocycles. The number of halogens is 1. The molecule has 3 aromatic carbocycles. The van der Waals surface area contributed by atoms with Crippen molar-refractivity contribution in [3.05, 3.63) is 94.5 Å². The van der Waals surface area contributed by atoms with Gasteiger partial charge in [-0.15, -0.1) is 0 Å². The number of likely N-dealkylation sites (N-methyl/N-ethyl adjacent to an activating group) is 1. The third-order valence-corrected chi connectivity index (χ3v) is 8.43. The van der Waals surface area contributed by atoms with E-state index >= 15 is 0 Å². The lowest BCUT2D eigenvalue weighted by atomic mass is 10.1. The van der Waals surface area contributed by atoms with Crippen molar-refractivity contribution in [2.45, 2.75) is 51.6 Å². The molecule has 202 valence electrons. The first-order chi connectivity index (χ1) is 18.1. The first-order valence-corrected chi connectivity index (χ1v) is 14.4. The third kappa shape index (κ3) is 6.74. The molecule has 0 bridgehead atoms. The molecule has 9 heteroatoms. The molecule has 0 spiro atoms. The molecule has 1 N–H and O–H groups in total. The van der Waals surface area contributed by atoms with Crippen LogP contribution in [0.2, 0.25) is 5.02 Å². The second-order valence-corrected chi connectivity index (χ2v) is 11.3. The number of benzene rings is 3. The summed E-state index contributed by atoms with van der Waals surface area (Å²) in [5.74, 6) is -0.757. The monoisotopic (exact) mass is 555 g/mol. The Bertz CT molecular complexity index is 1380. The third-order valence-electron chi connectivity index (χ3n) is 6.40. The summed E-state index contributed by atoms with van der Waals surface area (Å²) in [6.07, 6.45) is 0.373. The fourth-order valence-corrected chi connectivity index (χ4v) is 5.88. The maximum Gasteiger partial charge on any atom is 0.264 e. The molecule has 7 nitrogen and oxygen atoms in total. The van der Waals surface area contributed by atoms with Crippen molar-refractivity contribution >= 4 is 39.1 Å². The van der Waals surface area contributed by atoms with Crippen LogP contribution in [0.1, 0.15) is 37.0 Å². The van der Waals surface area contributed by atoms with Crippen LogP contribution in [-0.2, 0) is 26.2 Å². The molecule has 3 aromatic rings. The van der Waals surface area contributed by atoms with Gasteiger partial charge in [0.15, 0.2) is 0 Å². The van der Waals surface area contributed by atoms with E-state index in [1.807, 2.05) is 45.0 Å². The number of nitrogens with one attached hydrogen (secondary N) is 1. The minimum absolute atomic E-state index is 0.0131. The van der Waals surface area contributed by atoms with Gasteiger partial charge < -0.3 is 10.2 Å². The molecule has 0 aliphatic carbocycles. The van der Waals surface area contributed by atoms with Gasteiger partial charge in [0.25, 0.3) is 10.0 Å². The number of carbonyl (C=O) groups excluding carboxylic acids is 2. The molecule has 0 fully saturated rings. The van der Waals surface area contributed by atoms with Crippen LogP contribution < -0.4 is 9.62 Å². The zero-order chi connectivity index (χ0) is 27.9. The summed E-state index contributed by atoms with van der Waals surface area (Å²) >= 11 is 6.00. The molecule has 38 heavy (non-hydrogen) atoms. The Balaban J connectivity index is 2.08. The first kappa shape index (κ1) is 29.2. The number of nitrogens with zero attached hydrogens (tertiary/aromatic N) is 2. The average Bonchev–Trinajstić information content (AvgIpc) is 2.89. The topological polar surface area (TPSA) is 86.8 Å². The molecule has 1 atom stereocenters. The van der Waals surface area contributed by atoms with Crippen LogP contribution in [0.15, 0.2) is 77.7 Å². The van der Waals surface area contributed by atoms with Gasteiger partial charge in [-0.3, -0.25) is 13.9 Å². The van der Waals surface area contributed by atoms with Crippen LogP contribution in [0.4, 0.5) is 5.69 Å². The highest BCUT2D eigenvalue weighted by Crippen LogP contribution is 2.28. The summed E-state index contributed by atoms with van der Waals surface area (Å²) in [5.41, 5.74) is 2.93. The largest absolute Gasteiger partial charge is 0.355 e. The van der Waals surface area contributed by atoms with E-state index in [2.05, 4.69) is 5.32 Å². The Kier molecular flexibility index (Phi) is 9.94. The lowest BCUT2D eigenvalue weighted by molar-refractivity contribution is -0.140. The normalized spacial score (nSPS) is 12.0. The lowest BCUT2D eigenvalue weighted by Crippen LogP contribution is -2.52. The van der Waals surface area contributed by atoms with Crippen molar-refractivity contribution in [1.82, 2.24) is 10.2 Å². The minimum atomic E-state index is -4.14. The molecule has 0 aliphatic rings. The molecule has 1 unspecified atom stereocenters. The highest BCUT2D eigenvalue weighted by Gasteiger charge is 2.34.